The van der Waals surface area contributed by atoms with Crippen LogP contribution in [-0.4, -0.2) is 0 Å². The van der Waals surface area contributed by atoms with E-state index in [1.54, 1.807) is 42.5 Å². The second-order valence-electron chi connectivity index (χ2n) is 13.5. The summed E-state index contributed by atoms with van der Waals surface area (Å²) in [6.45, 7) is 4.34. The monoisotopic (exact) mass is 600 g/mol. The summed E-state index contributed by atoms with van der Waals surface area (Å²) in [6, 6.07) is 16.2. The maximum absolute atomic E-state index is 15.4. The summed E-state index contributed by atoms with van der Waals surface area (Å²) in [6.07, 6.45) is 22.2. The Labute approximate surface area is 264 Å². The number of allylic oxidation sites excluding steroid dienone is 2. The van der Waals surface area contributed by atoms with Gasteiger partial charge in [0, 0.05) is 11.1 Å². The van der Waals surface area contributed by atoms with E-state index in [-0.39, 0.29) is 11.4 Å². The lowest BCUT2D eigenvalue weighted by molar-refractivity contribution is 0.155. The molecule has 3 aromatic carbocycles. The van der Waals surface area contributed by atoms with Crippen molar-refractivity contribution in [1.82, 2.24) is 0 Å². The zero-order chi connectivity index (χ0) is 30.9. The Morgan fingerprint density at radius 2 is 1.30 bits per heavy atom. The van der Waals surface area contributed by atoms with Crippen LogP contribution >= 0.6 is 0 Å². The molecule has 0 aliphatic heterocycles. The highest BCUT2D eigenvalue weighted by Gasteiger charge is 2.31. The van der Waals surface area contributed by atoms with Crippen LogP contribution in [0, 0.1) is 35.2 Å². The van der Waals surface area contributed by atoms with Gasteiger partial charge in [0.25, 0.3) is 0 Å². The molecule has 2 saturated carbocycles. The first-order valence-electron chi connectivity index (χ1n) is 17.5. The van der Waals surface area contributed by atoms with E-state index in [4.69, 9.17) is 0 Å². The third-order valence-electron chi connectivity index (χ3n) is 10.7. The van der Waals surface area contributed by atoms with Crippen molar-refractivity contribution >= 4 is 0 Å². The van der Waals surface area contributed by atoms with E-state index < -0.39 is 11.6 Å². The number of hydrogen-bond acceptors (Lipinski definition) is 0. The number of rotatable bonds is 12. The zero-order valence-electron chi connectivity index (χ0n) is 26.9. The Kier molecular flexibility index (Phi) is 11.8. The van der Waals surface area contributed by atoms with Gasteiger partial charge in [-0.15, -0.1) is 0 Å². The second-order valence-corrected chi connectivity index (χ2v) is 13.5. The quantitative estimate of drug-likeness (QED) is 0.143. The van der Waals surface area contributed by atoms with Gasteiger partial charge in [0.1, 0.15) is 5.82 Å². The van der Waals surface area contributed by atoms with Gasteiger partial charge >= 0.3 is 0 Å². The van der Waals surface area contributed by atoms with Crippen LogP contribution in [0.25, 0.3) is 22.3 Å². The molecular formula is C41H51F3. The SMILES string of the molecule is CC/C=C/CCc1ccc(-c2ccc(-c3ccc(C4CCC(C5CCC(CCCCC)CC5)CC4)cc3F)cc2)c(F)c1F. The molecule has 0 unspecified atom stereocenters. The first kappa shape index (κ1) is 32.6. The van der Waals surface area contributed by atoms with Crippen molar-refractivity contribution < 1.29 is 13.2 Å². The lowest BCUT2D eigenvalue weighted by Crippen LogP contribution is -2.25. The Morgan fingerprint density at radius 1 is 0.659 bits per heavy atom. The van der Waals surface area contributed by atoms with Gasteiger partial charge in [-0.05, 0) is 110 Å². The molecule has 44 heavy (non-hydrogen) atoms. The molecule has 0 amide bonds. The van der Waals surface area contributed by atoms with Gasteiger partial charge in [-0.25, -0.2) is 13.2 Å². The van der Waals surface area contributed by atoms with E-state index in [9.17, 15) is 8.78 Å². The van der Waals surface area contributed by atoms with Crippen LogP contribution in [0.4, 0.5) is 13.2 Å². The van der Waals surface area contributed by atoms with E-state index in [1.807, 2.05) is 25.1 Å². The first-order valence-corrected chi connectivity index (χ1v) is 17.5. The molecule has 0 radical (unpaired) electrons. The summed E-state index contributed by atoms with van der Waals surface area (Å²) >= 11 is 0. The molecule has 3 aromatic rings. The van der Waals surface area contributed by atoms with Gasteiger partial charge in [0.2, 0.25) is 0 Å². The molecule has 2 aliphatic carbocycles. The summed E-state index contributed by atoms with van der Waals surface area (Å²) in [5, 5.41) is 0. The van der Waals surface area contributed by atoms with Crippen LogP contribution in [0.5, 0.6) is 0 Å². The van der Waals surface area contributed by atoms with Crippen LogP contribution in [0.2, 0.25) is 0 Å². The number of unbranched alkanes of at least 4 members (excludes halogenated alkanes) is 2. The Bertz CT molecular complexity index is 1360. The fraction of sp³-hybridized carbons (Fsp3) is 0.512. The minimum Gasteiger partial charge on any atom is -0.206 e. The van der Waals surface area contributed by atoms with Crippen LogP contribution in [-0.2, 0) is 6.42 Å². The highest BCUT2D eigenvalue weighted by Crippen LogP contribution is 2.45. The van der Waals surface area contributed by atoms with Crippen molar-refractivity contribution in [2.45, 2.75) is 116 Å². The van der Waals surface area contributed by atoms with Crippen molar-refractivity contribution in [1.29, 1.82) is 0 Å². The molecule has 0 bridgehead atoms. The molecule has 0 saturated heterocycles. The molecule has 5 rings (SSSR count). The molecule has 0 heterocycles. The molecule has 236 valence electrons. The van der Waals surface area contributed by atoms with E-state index in [0.717, 1.165) is 48.1 Å². The minimum atomic E-state index is -0.824. The highest BCUT2D eigenvalue weighted by atomic mass is 19.2. The van der Waals surface area contributed by atoms with Crippen molar-refractivity contribution in [2.75, 3.05) is 0 Å². The Balaban J connectivity index is 1.16. The summed E-state index contributed by atoms with van der Waals surface area (Å²) in [7, 11) is 0. The first-order chi connectivity index (χ1) is 21.5. The van der Waals surface area contributed by atoms with Crippen LogP contribution in [0.1, 0.15) is 121 Å². The summed E-state index contributed by atoms with van der Waals surface area (Å²) in [4.78, 5) is 0. The summed E-state index contributed by atoms with van der Waals surface area (Å²) in [5.74, 6) is 1.33. The van der Waals surface area contributed by atoms with E-state index >= 15 is 4.39 Å². The molecule has 0 nitrogen and oxygen atoms in total. The smallest absolute Gasteiger partial charge is 0.166 e. The average molecular weight is 601 g/mol. The van der Waals surface area contributed by atoms with Gasteiger partial charge < -0.3 is 0 Å². The highest BCUT2D eigenvalue weighted by molar-refractivity contribution is 5.71. The largest absolute Gasteiger partial charge is 0.206 e. The van der Waals surface area contributed by atoms with Crippen LogP contribution in [0.15, 0.2) is 66.7 Å². The van der Waals surface area contributed by atoms with E-state index in [2.05, 4.69) is 13.0 Å². The molecule has 0 N–H and O–H groups in total. The predicted molar refractivity (Wildman–Crippen MR) is 179 cm³/mol. The van der Waals surface area contributed by atoms with Gasteiger partial charge in [-0.1, -0.05) is 113 Å². The zero-order valence-corrected chi connectivity index (χ0v) is 26.9. The van der Waals surface area contributed by atoms with Gasteiger partial charge in [0.15, 0.2) is 11.6 Å². The van der Waals surface area contributed by atoms with Gasteiger partial charge in [-0.2, -0.15) is 0 Å². The third kappa shape index (κ3) is 8.06. The Hall–Kier alpha value is -2.81. The lowest BCUT2D eigenvalue weighted by atomic mass is 9.68. The van der Waals surface area contributed by atoms with Gasteiger partial charge in [0.05, 0.1) is 0 Å². The minimum absolute atomic E-state index is 0.211. The van der Waals surface area contributed by atoms with Crippen molar-refractivity contribution in [3.05, 3.63) is 95.3 Å². The normalized spacial score (nSPS) is 22.5. The van der Waals surface area contributed by atoms with Crippen molar-refractivity contribution in [2.24, 2.45) is 17.8 Å². The molecule has 3 heteroatoms. The fourth-order valence-corrected chi connectivity index (χ4v) is 7.93. The number of hydrogen-bond donors (Lipinski definition) is 0. The summed E-state index contributed by atoms with van der Waals surface area (Å²) in [5.41, 5.74) is 3.61. The van der Waals surface area contributed by atoms with Crippen LogP contribution in [0.3, 0.4) is 0 Å². The molecule has 2 aliphatic rings. The second kappa shape index (κ2) is 16.0. The third-order valence-corrected chi connectivity index (χ3v) is 10.7. The number of halogens is 3. The van der Waals surface area contributed by atoms with Crippen LogP contribution < -0.4 is 0 Å². The molecule has 0 atom stereocenters. The summed E-state index contributed by atoms with van der Waals surface area (Å²) < 4.78 is 45.2. The Morgan fingerprint density at radius 3 is 1.93 bits per heavy atom. The van der Waals surface area contributed by atoms with Crippen molar-refractivity contribution in [3.63, 3.8) is 0 Å². The fourth-order valence-electron chi connectivity index (χ4n) is 7.93. The number of benzene rings is 3. The topological polar surface area (TPSA) is 0 Å². The maximum atomic E-state index is 15.4. The molecule has 0 aromatic heterocycles. The molecule has 0 spiro atoms. The standard InChI is InChI=1S/C41H51F3/c1-3-5-7-9-11-35-24-27-38(41(44)40(35)43)34-22-20-33(21-23-34)37-26-25-36(28-39(37)42)32-18-16-31(17-19-32)30-14-12-29(13-15-30)10-8-6-4-2/h5,7,20-32H,3-4,6,8-19H2,1-2H3/b7-5+. The van der Waals surface area contributed by atoms with E-state index in [0.29, 0.717) is 35.4 Å². The predicted octanol–water partition coefficient (Wildman–Crippen LogP) is 13.0. The number of aryl methyl sites for hydroxylation is 1. The van der Waals surface area contributed by atoms with Crippen molar-refractivity contribution in [3.8, 4) is 22.3 Å². The maximum Gasteiger partial charge on any atom is 0.166 e. The molecule has 2 fully saturated rings. The van der Waals surface area contributed by atoms with E-state index in [1.165, 1.54) is 64.2 Å². The lowest BCUT2D eigenvalue weighted by Gasteiger charge is -2.38. The molecular weight excluding hydrogens is 549 g/mol. The average Bonchev–Trinajstić information content (AvgIpc) is 3.06. The van der Waals surface area contributed by atoms with Gasteiger partial charge in [-0.3, -0.25) is 0 Å².